The highest BCUT2D eigenvalue weighted by Gasteiger charge is 2.13. The molecule has 0 spiro atoms. The minimum Gasteiger partial charge on any atom is -0.462 e. The van der Waals surface area contributed by atoms with Gasteiger partial charge in [-0.15, -0.1) is 0 Å². The molecule has 2 rings (SSSR count). The summed E-state index contributed by atoms with van der Waals surface area (Å²) in [5, 5.41) is 9.16. The average Bonchev–Trinajstić information content (AvgIpc) is 3.12. The van der Waals surface area contributed by atoms with Crippen LogP contribution in [-0.2, 0) is 9.53 Å². The second-order valence-corrected chi connectivity index (χ2v) is 6.68. The number of esters is 1. The van der Waals surface area contributed by atoms with E-state index in [1.165, 1.54) is 6.08 Å². The van der Waals surface area contributed by atoms with Crippen LogP contribution in [0.25, 0.3) is 17.4 Å². The number of hydrogen-bond acceptors (Lipinski definition) is 5. The number of carbonyl (C=O) groups excluding carboxylic acids is 1. The molecular weight excluding hydrogens is 372 g/mol. The van der Waals surface area contributed by atoms with Crippen molar-refractivity contribution in [1.82, 2.24) is 0 Å². The number of carbonyl (C=O) groups is 1. The summed E-state index contributed by atoms with van der Waals surface area (Å²) in [5.74, 6) is -2.32. The van der Waals surface area contributed by atoms with Crippen molar-refractivity contribution in [1.29, 1.82) is 5.26 Å². The van der Waals surface area contributed by atoms with Gasteiger partial charge in [0.05, 0.1) is 6.61 Å². The van der Waals surface area contributed by atoms with E-state index >= 15 is 0 Å². The SMILES string of the molecule is CCCCCOC(=O)C(C#N)=Cc1ccc(-c2ccc(SC(F)F)cc2)o1. The van der Waals surface area contributed by atoms with Gasteiger partial charge < -0.3 is 9.15 Å². The molecule has 1 aromatic carbocycles. The third-order valence-corrected chi connectivity index (χ3v) is 4.32. The lowest BCUT2D eigenvalue weighted by Gasteiger charge is -2.02. The fraction of sp³-hybridized carbons (Fsp3) is 0.300. The summed E-state index contributed by atoms with van der Waals surface area (Å²) in [6.07, 6.45) is 4.04. The minimum atomic E-state index is -2.47. The largest absolute Gasteiger partial charge is 0.462 e. The topological polar surface area (TPSA) is 63.2 Å². The van der Waals surface area contributed by atoms with Crippen molar-refractivity contribution in [3.63, 3.8) is 0 Å². The van der Waals surface area contributed by atoms with Gasteiger partial charge in [0.2, 0.25) is 0 Å². The fourth-order valence-electron chi connectivity index (χ4n) is 2.26. The van der Waals surface area contributed by atoms with Gasteiger partial charge in [0.15, 0.2) is 0 Å². The number of ether oxygens (including phenoxy) is 1. The molecular formula is C20H19F2NO3S. The van der Waals surface area contributed by atoms with Gasteiger partial charge in [-0.1, -0.05) is 43.7 Å². The van der Waals surface area contributed by atoms with E-state index in [2.05, 4.69) is 0 Å². The number of furan rings is 1. The fourth-order valence-corrected chi connectivity index (χ4v) is 2.76. The maximum absolute atomic E-state index is 12.4. The van der Waals surface area contributed by atoms with E-state index < -0.39 is 11.7 Å². The predicted molar refractivity (Wildman–Crippen MR) is 100 cm³/mol. The van der Waals surface area contributed by atoms with Crippen LogP contribution in [0, 0.1) is 11.3 Å². The average molecular weight is 391 g/mol. The van der Waals surface area contributed by atoms with Gasteiger partial charge in [0, 0.05) is 16.5 Å². The van der Waals surface area contributed by atoms with E-state index in [4.69, 9.17) is 14.4 Å². The lowest BCUT2D eigenvalue weighted by molar-refractivity contribution is -0.138. The van der Waals surface area contributed by atoms with Crippen molar-refractivity contribution in [2.45, 2.75) is 36.8 Å². The van der Waals surface area contributed by atoms with Crippen molar-refractivity contribution >= 4 is 23.8 Å². The molecule has 0 fully saturated rings. The molecule has 0 aliphatic carbocycles. The molecule has 0 saturated heterocycles. The van der Waals surface area contributed by atoms with Crippen LogP contribution in [0.5, 0.6) is 0 Å². The van der Waals surface area contributed by atoms with Crippen molar-refractivity contribution in [3.05, 3.63) is 47.7 Å². The zero-order valence-corrected chi connectivity index (χ0v) is 15.6. The number of rotatable bonds is 9. The van der Waals surface area contributed by atoms with E-state index in [-0.39, 0.29) is 12.2 Å². The van der Waals surface area contributed by atoms with E-state index in [1.807, 2.05) is 13.0 Å². The standard InChI is InChI=1S/C20H19F2NO3S/c1-2-3-4-11-25-19(24)15(13-23)12-16-7-10-18(26-16)14-5-8-17(9-6-14)27-20(21)22/h5-10,12,20H,2-4,11H2,1H3. The Hall–Kier alpha value is -2.59. The first-order valence-electron chi connectivity index (χ1n) is 8.47. The summed E-state index contributed by atoms with van der Waals surface area (Å²) in [4.78, 5) is 12.4. The molecule has 0 aliphatic heterocycles. The Morgan fingerprint density at radius 2 is 2.00 bits per heavy atom. The summed E-state index contributed by atoms with van der Waals surface area (Å²) in [6, 6.07) is 11.6. The highest BCUT2D eigenvalue weighted by molar-refractivity contribution is 7.99. The molecule has 0 saturated carbocycles. The number of unbranched alkanes of at least 4 members (excludes halogenated alkanes) is 2. The number of nitrogens with zero attached hydrogens (tertiary/aromatic N) is 1. The maximum atomic E-state index is 12.4. The lowest BCUT2D eigenvalue weighted by atomic mass is 10.2. The Balaban J connectivity index is 2.06. The first kappa shape index (κ1) is 20.7. The van der Waals surface area contributed by atoms with E-state index in [9.17, 15) is 13.6 Å². The summed E-state index contributed by atoms with van der Waals surface area (Å²) in [7, 11) is 0. The molecule has 0 amide bonds. The molecule has 27 heavy (non-hydrogen) atoms. The molecule has 7 heteroatoms. The second-order valence-electron chi connectivity index (χ2n) is 5.62. The van der Waals surface area contributed by atoms with Crippen LogP contribution in [-0.4, -0.2) is 18.3 Å². The molecule has 0 atom stereocenters. The van der Waals surface area contributed by atoms with Crippen LogP contribution in [0.1, 0.15) is 31.9 Å². The molecule has 2 aromatic rings. The van der Waals surface area contributed by atoms with E-state index in [0.29, 0.717) is 33.7 Å². The Morgan fingerprint density at radius 3 is 2.63 bits per heavy atom. The van der Waals surface area contributed by atoms with E-state index in [1.54, 1.807) is 36.4 Å². The molecule has 1 heterocycles. The predicted octanol–water partition coefficient (Wildman–Crippen LogP) is 5.90. The van der Waals surface area contributed by atoms with Gasteiger partial charge in [-0.3, -0.25) is 0 Å². The number of halogens is 2. The summed E-state index contributed by atoms with van der Waals surface area (Å²) in [6.45, 7) is 2.32. The molecule has 0 aliphatic rings. The van der Waals surface area contributed by atoms with Crippen LogP contribution in [0.3, 0.4) is 0 Å². The van der Waals surface area contributed by atoms with Gasteiger partial charge in [0.1, 0.15) is 23.2 Å². The number of thioether (sulfide) groups is 1. The molecule has 1 aromatic heterocycles. The van der Waals surface area contributed by atoms with Crippen LogP contribution < -0.4 is 0 Å². The smallest absolute Gasteiger partial charge is 0.349 e. The molecule has 0 radical (unpaired) electrons. The molecule has 0 bridgehead atoms. The first-order valence-corrected chi connectivity index (χ1v) is 9.35. The van der Waals surface area contributed by atoms with Gasteiger partial charge in [-0.05, 0) is 30.7 Å². The molecule has 142 valence electrons. The van der Waals surface area contributed by atoms with Gasteiger partial charge in [-0.25, -0.2) is 4.79 Å². The highest BCUT2D eigenvalue weighted by Crippen LogP contribution is 2.29. The van der Waals surface area contributed by atoms with Crippen molar-refractivity contribution in [2.24, 2.45) is 0 Å². The maximum Gasteiger partial charge on any atom is 0.349 e. The van der Waals surface area contributed by atoms with Crippen LogP contribution in [0.15, 0.2) is 51.3 Å². The van der Waals surface area contributed by atoms with Crippen LogP contribution in [0.2, 0.25) is 0 Å². The van der Waals surface area contributed by atoms with Crippen LogP contribution >= 0.6 is 11.8 Å². The normalized spacial score (nSPS) is 11.4. The Morgan fingerprint density at radius 1 is 1.26 bits per heavy atom. The van der Waals surface area contributed by atoms with Crippen molar-refractivity contribution in [2.75, 3.05) is 6.61 Å². The minimum absolute atomic E-state index is 0.143. The molecule has 0 N–H and O–H groups in total. The van der Waals surface area contributed by atoms with Crippen molar-refractivity contribution < 1.29 is 22.7 Å². The highest BCUT2D eigenvalue weighted by atomic mass is 32.2. The van der Waals surface area contributed by atoms with E-state index in [0.717, 1.165) is 19.3 Å². The third-order valence-electron chi connectivity index (χ3n) is 3.60. The number of nitriles is 1. The Bertz CT molecular complexity index is 822. The third kappa shape index (κ3) is 6.57. The quantitative estimate of drug-likeness (QED) is 0.175. The Kier molecular flexibility index (Phi) is 8.08. The summed E-state index contributed by atoms with van der Waals surface area (Å²) >= 11 is 0.471. The molecule has 0 unspecified atom stereocenters. The first-order chi connectivity index (χ1) is 13.0. The Labute approximate surface area is 160 Å². The van der Waals surface area contributed by atoms with Crippen molar-refractivity contribution in [3.8, 4) is 17.4 Å². The van der Waals surface area contributed by atoms with Crippen LogP contribution in [0.4, 0.5) is 8.78 Å². The summed E-state index contributed by atoms with van der Waals surface area (Å²) in [5.41, 5.74) is 0.560. The van der Waals surface area contributed by atoms with Gasteiger partial charge in [-0.2, -0.15) is 14.0 Å². The lowest BCUT2D eigenvalue weighted by Crippen LogP contribution is -2.07. The zero-order valence-electron chi connectivity index (χ0n) is 14.8. The van der Waals surface area contributed by atoms with Gasteiger partial charge in [0.25, 0.3) is 5.76 Å². The number of alkyl halides is 2. The number of benzene rings is 1. The zero-order chi connectivity index (χ0) is 19.6. The summed E-state index contributed by atoms with van der Waals surface area (Å²) < 4.78 is 35.4. The molecule has 4 nitrogen and oxygen atoms in total. The monoisotopic (exact) mass is 391 g/mol. The second kappa shape index (κ2) is 10.5. The number of hydrogen-bond donors (Lipinski definition) is 0. The van der Waals surface area contributed by atoms with Gasteiger partial charge >= 0.3 is 5.97 Å².